The molecule has 0 spiro atoms. The van der Waals surface area contributed by atoms with Gasteiger partial charge < -0.3 is 25.4 Å². The van der Waals surface area contributed by atoms with Crippen LogP contribution in [0.5, 0.6) is 0 Å². The largest absolute Gasteiger partial charge is 0.391 e. The van der Waals surface area contributed by atoms with Gasteiger partial charge in [-0.1, -0.05) is 12.2 Å². The predicted molar refractivity (Wildman–Crippen MR) is 77.1 cm³/mol. The molecule has 0 aromatic heterocycles. The molecule has 0 saturated carbocycles. The van der Waals surface area contributed by atoms with E-state index in [-0.39, 0.29) is 12.5 Å². The Morgan fingerprint density at radius 3 is 2.58 bits per heavy atom. The molecule has 1 amide bonds. The smallest absolute Gasteiger partial charge is 0.246 e. The molecule has 1 fully saturated rings. The number of hydrogen-bond acceptors (Lipinski definition) is 5. The number of carbonyl (C=O) groups is 1. The first kappa shape index (κ1) is 16.3. The zero-order valence-electron chi connectivity index (χ0n) is 11.6. The van der Waals surface area contributed by atoms with Crippen molar-refractivity contribution in [3.8, 4) is 0 Å². The van der Waals surface area contributed by atoms with Gasteiger partial charge in [-0.3, -0.25) is 4.79 Å². The average molecular weight is 289 g/mol. The van der Waals surface area contributed by atoms with Gasteiger partial charge in [0.25, 0.3) is 0 Å². The summed E-state index contributed by atoms with van der Waals surface area (Å²) >= 11 is 5.12. The number of amides is 1. The number of nitrogens with one attached hydrogen (secondary N) is 1. The zero-order valence-corrected chi connectivity index (χ0v) is 12.4. The second kappa shape index (κ2) is 7.74. The topological polar surface area (TPSA) is 76.8 Å². The van der Waals surface area contributed by atoms with Gasteiger partial charge in [0.15, 0.2) is 0 Å². The minimum absolute atomic E-state index is 0.00353. The van der Waals surface area contributed by atoms with Crippen molar-refractivity contribution in [2.24, 2.45) is 5.73 Å². The van der Waals surface area contributed by atoms with Gasteiger partial charge in [-0.2, -0.15) is 0 Å². The van der Waals surface area contributed by atoms with Gasteiger partial charge in [0.1, 0.15) is 6.61 Å². The summed E-state index contributed by atoms with van der Waals surface area (Å²) in [4.78, 5) is 14.4. The first-order valence-electron chi connectivity index (χ1n) is 6.36. The number of carbonyl (C=O) groups excluding carboxylic acids is 1. The average Bonchev–Trinajstić information content (AvgIpc) is 2.37. The van der Waals surface area contributed by atoms with Crippen LogP contribution in [0.1, 0.15) is 12.8 Å². The molecule has 0 unspecified atom stereocenters. The number of ether oxygens (including phenoxy) is 2. The Morgan fingerprint density at radius 2 is 2.05 bits per heavy atom. The minimum Gasteiger partial charge on any atom is -0.391 e. The summed E-state index contributed by atoms with van der Waals surface area (Å²) in [6.07, 6.45) is 1.48. The van der Waals surface area contributed by atoms with E-state index in [4.69, 9.17) is 27.4 Å². The number of nitrogens with two attached hydrogens (primary N) is 1. The summed E-state index contributed by atoms with van der Waals surface area (Å²) in [6, 6.07) is 0. The van der Waals surface area contributed by atoms with Crippen LogP contribution in [0.25, 0.3) is 0 Å². The van der Waals surface area contributed by atoms with E-state index in [0.717, 1.165) is 25.9 Å². The quantitative estimate of drug-likeness (QED) is 0.487. The van der Waals surface area contributed by atoms with Crippen molar-refractivity contribution < 1.29 is 14.3 Å². The molecular weight excluding hydrogens is 266 g/mol. The van der Waals surface area contributed by atoms with E-state index in [9.17, 15) is 4.79 Å². The van der Waals surface area contributed by atoms with Crippen molar-refractivity contribution in [2.75, 3.05) is 47.1 Å². The highest BCUT2D eigenvalue weighted by atomic mass is 32.1. The summed E-state index contributed by atoms with van der Waals surface area (Å²) in [6.45, 7) is 2.60. The van der Waals surface area contributed by atoms with Gasteiger partial charge in [0, 0.05) is 20.2 Å². The van der Waals surface area contributed by atoms with Crippen LogP contribution in [0.4, 0.5) is 0 Å². The molecule has 3 N–H and O–H groups in total. The lowest BCUT2D eigenvalue weighted by molar-refractivity contribution is -0.127. The SMILES string of the molecule is COCCOCC(=O)NC1(C(N)=S)CCN(C)CC1. The van der Waals surface area contributed by atoms with Crippen LogP contribution in [0.2, 0.25) is 0 Å². The van der Waals surface area contributed by atoms with E-state index in [1.165, 1.54) is 0 Å². The van der Waals surface area contributed by atoms with Crippen molar-refractivity contribution in [3.63, 3.8) is 0 Å². The van der Waals surface area contributed by atoms with Crippen molar-refractivity contribution in [1.29, 1.82) is 0 Å². The van der Waals surface area contributed by atoms with Crippen molar-refractivity contribution in [2.45, 2.75) is 18.4 Å². The first-order chi connectivity index (χ1) is 9.00. The molecular formula is C12H23N3O3S. The lowest BCUT2D eigenvalue weighted by atomic mass is 9.87. The fourth-order valence-corrected chi connectivity index (χ4v) is 2.30. The summed E-state index contributed by atoms with van der Waals surface area (Å²) in [5.74, 6) is -0.187. The summed E-state index contributed by atoms with van der Waals surface area (Å²) in [5.41, 5.74) is 5.24. The number of thiocarbonyl (C=S) groups is 1. The van der Waals surface area contributed by atoms with E-state index in [1.807, 2.05) is 7.05 Å². The van der Waals surface area contributed by atoms with Gasteiger partial charge >= 0.3 is 0 Å². The number of methoxy groups -OCH3 is 1. The van der Waals surface area contributed by atoms with Crippen molar-refractivity contribution in [3.05, 3.63) is 0 Å². The maximum absolute atomic E-state index is 11.9. The van der Waals surface area contributed by atoms with Gasteiger partial charge in [-0.05, 0) is 19.9 Å². The molecule has 1 aliphatic heterocycles. The van der Waals surface area contributed by atoms with Crippen LogP contribution < -0.4 is 11.1 Å². The Morgan fingerprint density at radius 1 is 1.42 bits per heavy atom. The van der Waals surface area contributed by atoms with Gasteiger partial charge in [-0.25, -0.2) is 0 Å². The second-order valence-corrected chi connectivity index (χ2v) is 5.28. The van der Waals surface area contributed by atoms with Crippen LogP contribution in [-0.4, -0.2) is 68.4 Å². The molecule has 1 rings (SSSR count). The molecule has 0 radical (unpaired) electrons. The van der Waals surface area contributed by atoms with Gasteiger partial charge in [-0.15, -0.1) is 0 Å². The van der Waals surface area contributed by atoms with Crippen LogP contribution in [0, 0.1) is 0 Å². The van der Waals surface area contributed by atoms with Crippen LogP contribution in [-0.2, 0) is 14.3 Å². The Hall–Kier alpha value is -0.760. The lowest BCUT2D eigenvalue weighted by Gasteiger charge is -2.40. The fraction of sp³-hybridized carbons (Fsp3) is 0.833. The van der Waals surface area contributed by atoms with Crippen LogP contribution in [0.3, 0.4) is 0 Å². The van der Waals surface area contributed by atoms with Gasteiger partial charge in [0.2, 0.25) is 5.91 Å². The lowest BCUT2D eigenvalue weighted by Crippen LogP contribution is -2.61. The molecule has 0 aromatic carbocycles. The summed E-state index contributed by atoms with van der Waals surface area (Å²) < 4.78 is 10.0. The molecule has 0 atom stereocenters. The highest BCUT2D eigenvalue weighted by Gasteiger charge is 2.37. The standard InChI is InChI=1S/C12H23N3O3S/c1-15-5-3-12(4-6-15,11(13)19)14-10(16)9-18-8-7-17-2/h3-9H2,1-2H3,(H2,13,19)(H,14,16). The molecule has 0 bridgehead atoms. The Balaban J connectivity index is 2.45. The number of rotatable bonds is 7. The van der Waals surface area contributed by atoms with Crippen molar-refractivity contribution >= 4 is 23.1 Å². The zero-order chi connectivity index (χ0) is 14.3. The molecule has 19 heavy (non-hydrogen) atoms. The molecule has 0 aliphatic carbocycles. The first-order valence-corrected chi connectivity index (χ1v) is 6.77. The number of likely N-dealkylation sites (tertiary alicyclic amines) is 1. The third kappa shape index (κ3) is 5.02. The second-order valence-electron chi connectivity index (χ2n) is 4.84. The predicted octanol–water partition coefficient (Wildman–Crippen LogP) is -0.484. The van der Waals surface area contributed by atoms with E-state index in [1.54, 1.807) is 7.11 Å². The molecule has 110 valence electrons. The van der Waals surface area contributed by atoms with Crippen LogP contribution >= 0.6 is 12.2 Å². The van der Waals surface area contributed by atoms with E-state index in [0.29, 0.717) is 18.2 Å². The maximum atomic E-state index is 11.9. The molecule has 0 aromatic rings. The van der Waals surface area contributed by atoms with E-state index >= 15 is 0 Å². The molecule has 1 aliphatic rings. The summed E-state index contributed by atoms with van der Waals surface area (Å²) in [5, 5.41) is 2.93. The normalized spacial score (nSPS) is 19.1. The van der Waals surface area contributed by atoms with Gasteiger partial charge in [0.05, 0.1) is 23.7 Å². The van der Waals surface area contributed by atoms with Crippen molar-refractivity contribution in [1.82, 2.24) is 10.2 Å². The minimum atomic E-state index is -0.566. The Labute approximate surface area is 119 Å². The number of nitrogens with zero attached hydrogens (tertiary/aromatic N) is 1. The van der Waals surface area contributed by atoms with E-state index < -0.39 is 5.54 Å². The molecule has 1 saturated heterocycles. The van der Waals surface area contributed by atoms with Crippen LogP contribution in [0.15, 0.2) is 0 Å². The number of piperidine rings is 1. The monoisotopic (exact) mass is 289 g/mol. The maximum Gasteiger partial charge on any atom is 0.246 e. The van der Waals surface area contributed by atoms with E-state index in [2.05, 4.69) is 10.2 Å². The molecule has 1 heterocycles. The highest BCUT2D eigenvalue weighted by Crippen LogP contribution is 2.22. The summed E-state index contributed by atoms with van der Waals surface area (Å²) in [7, 11) is 3.63. The Bertz CT molecular complexity index is 317. The third-order valence-corrected chi connectivity index (χ3v) is 3.75. The highest BCUT2D eigenvalue weighted by molar-refractivity contribution is 7.80. The third-order valence-electron chi connectivity index (χ3n) is 3.36. The Kier molecular flexibility index (Phi) is 6.64. The molecule has 7 heteroatoms. The fourth-order valence-electron chi connectivity index (χ4n) is 2.04. The number of hydrogen-bond donors (Lipinski definition) is 2. The molecule has 6 nitrogen and oxygen atoms in total.